The second kappa shape index (κ2) is 12.5. The maximum Gasteiger partial charge on any atom is 0.405 e. The third-order valence-corrected chi connectivity index (χ3v) is 5.64. The van der Waals surface area contributed by atoms with E-state index in [9.17, 15) is 31.5 Å². The summed E-state index contributed by atoms with van der Waals surface area (Å²) in [4.78, 5) is 25.0. The fraction of sp³-hybridized carbons (Fsp3) is 0.185. The zero-order valence-corrected chi connectivity index (χ0v) is 20.7. The molecule has 0 aliphatic rings. The number of halogens is 5. The molecule has 1 heterocycles. The van der Waals surface area contributed by atoms with Gasteiger partial charge in [0.05, 0.1) is 18.9 Å². The Balaban J connectivity index is 1.55. The number of hydrogen-bond donors (Lipinski definition) is 2. The van der Waals surface area contributed by atoms with Crippen LogP contribution in [-0.4, -0.2) is 39.5 Å². The smallest absolute Gasteiger partial charge is 0.370 e. The van der Waals surface area contributed by atoms with Crippen molar-refractivity contribution in [1.82, 2.24) is 25.6 Å². The molecule has 13 heteroatoms. The lowest BCUT2D eigenvalue weighted by molar-refractivity contribution is -0.123. The lowest BCUT2D eigenvalue weighted by atomic mass is 10.2. The SMILES string of the molecule is O=C(NCC(F)(F)F)c1ccc(-n2nnc(C(=O)NCc3c(F)cccc3F)c2COCc2ccccc2)cc1. The fourth-order valence-corrected chi connectivity index (χ4v) is 3.64. The Morgan fingerprint density at radius 1 is 0.825 bits per heavy atom. The highest BCUT2D eigenvalue weighted by Gasteiger charge is 2.28. The first kappa shape index (κ1) is 28.4. The lowest BCUT2D eigenvalue weighted by Crippen LogP contribution is -2.33. The summed E-state index contributed by atoms with van der Waals surface area (Å²) in [6.07, 6.45) is -4.56. The van der Waals surface area contributed by atoms with Crippen LogP contribution in [0.2, 0.25) is 0 Å². The minimum atomic E-state index is -4.56. The first-order valence-corrected chi connectivity index (χ1v) is 11.8. The quantitative estimate of drug-likeness (QED) is 0.279. The number of amides is 2. The zero-order valence-electron chi connectivity index (χ0n) is 20.7. The van der Waals surface area contributed by atoms with E-state index >= 15 is 0 Å². The lowest BCUT2D eigenvalue weighted by Gasteiger charge is -2.11. The van der Waals surface area contributed by atoms with Crippen molar-refractivity contribution in [2.75, 3.05) is 6.54 Å². The van der Waals surface area contributed by atoms with Crippen LogP contribution in [0.25, 0.3) is 5.69 Å². The van der Waals surface area contributed by atoms with Gasteiger partial charge in [-0.3, -0.25) is 9.59 Å². The second-order valence-corrected chi connectivity index (χ2v) is 8.50. The number of hydrogen-bond acceptors (Lipinski definition) is 5. The van der Waals surface area contributed by atoms with Crippen LogP contribution >= 0.6 is 0 Å². The van der Waals surface area contributed by atoms with E-state index < -0.39 is 42.7 Å². The van der Waals surface area contributed by atoms with Crippen molar-refractivity contribution in [2.45, 2.75) is 25.9 Å². The van der Waals surface area contributed by atoms with Crippen LogP contribution in [0.5, 0.6) is 0 Å². The number of rotatable bonds is 10. The van der Waals surface area contributed by atoms with E-state index in [1.807, 2.05) is 30.3 Å². The summed E-state index contributed by atoms with van der Waals surface area (Å²) in [5.74, 6) is -3.34. The highest BCUT2D eigenvalue weighted by Crippen LogP contribution is 2.18. The number of nitrogens with zero attached hydrogens (tertiary/aromatic N) is 3. The van der Waals surface area contributed by atoms with Gasteiger partial charge in [-0.2, -0.15) is 13.2 Å². The van der Waals surface area contributed by atoms with E-state index in [0.717, 1.165) is 17.7 Å². The molecule has 0 fully saturated rings. The summed E-state index contributed by atoms with van der Waals surface area (Å²) < 4.78 is 72.3. The molecular formula is C27H22F5N5O3. The predicted octanol–water partition coefficient (Wildman–Crippen LogP) is 4.48. The van der Waals surface area contributed by atoms with Gasteiger partial charge in [0.15, 0.2) is 5.69 Å². The molecule has 0 unspecified atom stereocenters. The largest absolute Gasteiger partial charge is 0.405 e. The molecule has 0 saturated heterocycles. The maximum absolute atomic E-state index is 14.0. The Hall–Kier alpha value is -4.65. The Morgan fingerprint density at radius 3 is 2.15 bits per heavy atom. The standard InChI is InChI=1S/C27H22F5N5O3/c28-21-7-4-8-22(29)20(21)13-33-26(39)24-23(15-40-14-17-5-2-1-3-6-17)37(36-35-24)19-11-9-18(10-12-19)25(38)34-16-27(30,31)32/h1-12H,13-16H2,(H,33,39)(H,34,38). The Bertz CT molecular complexity index is 1450. The van der Waals surface area contributed by atoms with Gasteiger partial charge in [-0.1, -0.05) is 41.6 Å². The predicted molar refractivity (Wildman–Crippen MR) is 132 cm³/mol. The molecule has 2 N–H and O–H groups in total. The van der Waals surface area contributed by atoms with Crippen LogP contribution in [0.15, 0.2) is 72.8 Å². The molecule has 0 aliphatic carbocycles. The van der Waals surface area contributed by atoms with E-state index in [2.05, 4.69) is 15.6 Å². The van der Waals surface area contributed by atoms with Gasteiger partial charge in [0, 0.05) is 17.7 Å². The molecule has 1 aromatic heterocycles. The molecule has 0 saturated carbocycles. The first-order chi connectivity index (χ1) is 19.1. The van der Waals surface area contributed by atoms with Crippen LogP contribution in [-0.2, 0) is 24.5 Å². The van der Waals surface area contributed by atoms with E-state index in [1.165, 1.54) is 35.0 Å². The van der Waals surface area contributed by atoms with Gasteiger partial charge in [-0.25, -0.2) is 13.5 Å². The van der Waals surface area contributed by atoms with Crippen LogP contribution in [0.3, 0.4) is 0 Å². The van der Waals surface area contributed by atoms with Gasteiger partial charge in [-0.15, -0.1) is 5.10 Å². The minimum absolute atomic E-state index is 0.0279. The number of ether oxygens (including phenoxy) is 1. The van der Waals surface area contributed by atoms with E-state index in [-0.39, 0.29) is 35.7 Å². The monoisotopic (exact) mass is 559 g/mol. The summed E-state index contributed by atoms with van der Waals surface area (Å²) in [5, 5.41) is 12.1. The number of carbonyl (C=O) groups excluding carboxylic acids is 2. The van der Waals surface area contributed by atoms with Crippen molar-refractivity contribution in [3.8, 4) is 5.69 Å². The molecule has 0 spiro atoms. The molecule has 4 rings (SSSR count). The Labute approximate surface area is 224 Å². The van der Waals surface area contributed by atoms with Crippen LogP contribution in [0.4, 0.5) is 22.0 Å². The highest BCUT2D eigenvalue weighted by molar-refractivity contribution is 5.94. The number of alkyl halides is 3. The van der Waals surface area contributed by atoms with Crippen molar-refractivity contribution in [3.05, 3.63) is 113 Å². The van der Waals surface area contributed by atoms with Crippen molar-refractivity contribution >= 4 is 11.8 Å². The fourth-order valence-electron chi connectivity index (χ4n) is 3.64. The zero-order chi connectivity index (χ0) is 28.7. The summed E-state index contributed by atoms with van der Waals surface area (Å²) >= 11 is 0. The van der Waals surface area contributed by atoms with Crippen molar-refractivity contribution < 1.29 is 36.3 Å². The first-order valence-electron chi connectivity index (χ1n) is 11.8. The minimum Gasteiger partial charge on any atom is -0.370 e. The van der Waals surface area contributed by atoms with Crippen LogP contribution < -0.4 is 10.6 Å². The maximum atomic E-state index is 14.0. The molecular weight excluding hydrogens is 537 g/mol. The number of nitrogens with one attached hydrogen (secondary N) is 2. The van der Waals surface area contributed by atoms with Gasteiger partial charge in [-0.05, 0) is 42.0 Å². The molecule has 0 aliphatic heterocycles. The molecule has 0 bridgehead atoms. The second-order valence-electron chi connectivity index (χ2n) is 8.50. The molecule has 40 heavy (non-hydrogen) atoms. The van der Waals surface area contributed by atoms with Gasteiger partial charge >= 0.3 is 6.18 Å². The van der Waals surface area contributed by atoms with E-state index in [1.54, 1.807) is 5.32 Å². The number of aromatic nitrogens is 3. The van der Waals surface area contributed by atoms with E-state index in [4.69, 9.17) is 4.74 Å². The number of benzene rings is 3. The van der Waals surface area contributed by atoms with Crippen LogP contribution in [0.1, 0.15) is 37.7 Å². The number of carbonyl (C=O) groups is 2. The Kier molecular flexibility index (Phi) is 8.84. The summed E-state index contributed by atoms with van der Waals surface area (Å²) in [7, 11) is 0. The van der Waals surface area contributed by atoms with Crippen molar-refractivity contribution in [1.29, 1.82) is 0 Å². The topological polar surface area (TPSA) is 98.1 Å². The molecule has 3 aromatic carbocycles. The Morgan fingerprint density at radius 2 is 1.50 bits per heavy atom. The van der Waals surface area contributed by atoms with Crippen LogP contribution in [0, 0.1) is 11.6 Å². The molecule has 0 atom stereocenters. The summed E-state index contributed by atoms with van der Waals surface area (Å²) in [6, 6.07) is 17.9. The normalized spacial score (nSPS) is 11.3. The third-order valence-electron chi connectivity index (χ3n) is 5.64. The molecule has 208 valence electrons. The molecule has 8 nitrogen and oxygen atoms in total. The van der Waals surface area contributed by atoms with Gasteiger partial charge < -0.3 is 15.4 Å². The molecule has 0 radical (unpaired) electrons. The average Bonchev–Trinajstić information content (AvgIpc) is 3.35. The summed E-state index contributed by atoms with van der Waals surface area (Å²) in [6.45, 7) is -1.89. The summed E-state index contributed by atoms with van der Waals surface area (Å²) in [5.41, 5.74) is 0.854. The third kappa shape index (κ3) is 7.26. The van der Waals surface area contributed by atoms with Gasteiger partial charge in [0.25, 0.3) is 11.8 Å². The van der Waals surface area contributed by atoms with Gasteiger partial charge in [0.2, 0.25) is 0 Å². The van der Waals surface area contributed by atoms with Gasteiger partial charge in [0.1, 0.15) is 23.9 Å². The van der Waals surface area contributed by atoms with Crippen molar-refractivity contribution in [2.24, 2.45) is 0 Å². The van der Waals surface area contributed by atoms with Crippen molar-refractivity contribution in [3.63, 3.8) is 0 Å². The van der Waals surface area contributed by atoms with E-state index in [0.29, 0.717) is 5.69 Å². The average molecular weight is 559 g/mol. The molecule has 4 aromatic rings. The highest BCUT2D eigenvalue weighted by atomic mass is 19.4. The molecule has 2 amide bonds.